The number of sulfonamides is 1. The molecule has 0 aliphatic carbocycles. The third kappa shape index (κ3) is 5.33. The fraction of sp³-hybridized carbons (Fsp3) is 0.619. The largest absolute Gasteiger partial charge is 0.502 e. The molecule has 0 amide bonds. The van der Waals surface area contributed by atoms with Gasteiger partial charge in [-0.2, -0.15) is 4.31 Å². The highest BCUT2D eigenvalue weighted by Crippen LogP contribution is 2.27. The minimum absolute atomic E-state index is 0.407. The van der Waals surface area contributed by atoms with E-state index in [0.29, 0.717) is 24.0 Å². The Labute approximate surface area is 164 Å². The number of hydrogen-bond acceptors (Lipinski definition) is 4. The molecule has 0 N–H and O–H groups in total. The highest BCUT2D eigenvalue weighted by atomic mass is 32.2. The van der Waals surface area contributed by atoms with Gasteiger partial charge in [0.05, 0.1) is 17.8 Å². The topological polar surface area (TPSA) is 49.9 Å². The van der Waals surface area contributed by atoms with Crippen molar-refractivity contribution >= 4 is 10.0 Å². The Balaban J connectivity index is 1.44. The first kappa shape index (κ1) is 20.4. The van der Waals surface area contributed by atoms with Crippen LogP contribution in [-0.4, -0.2) is 56.5 Å². The normalized spacial score (nSPS) is 21.7. The summed E-state index contributed by atoms with van der Waals surface area (Å²) in [4.78, 5) is 2.99. The van der Waals surface area contributed by atoms with Gasteiger partial charge in [-0.3, -0.25) is 0 Å². The number of hydrogen-bond donors (Lipinski definition) is 0. The molecule has 5 nitrogen and oxygen atoms in total. The lowest BCUT2D eigenvalue weighted by Gasteiger charge is -2.41. The van der Waals surface area contributed by atoms with E-state index in [4.69, 9.17) is 4.74 Å². The van der Waals surface area contributed by atoms with Gasteiger partial charge < -0.3 is 9.64 Å². The molecule has 0 radical (unpaired) electrons. The van der Waals surface area contributed by atoms with E-state index >= 15 is 0 Å². The van der Waals surface area contributed by atoms with Gasteiger partial charge in [0, 0.05) is 19.1 Å². The van der Waals surface area contributed by atoms with Gasteiger partial charge in [-0.15, -0.1) is 0 Å². The van der Waals surface area contributed by atoms with Crippen LogP contribution in [-0.2, 0) is 14.8 Å². The molecule has 0 saturated carbocycles. The van der Waals surface area contributed by atoms with E-state index in [-0.39, 0.29) is 0 Å². The smallest absolute Gasteiger partial charge is 0.243 e. The minimum atomic E-state index is -3.34. The van der Waals surface area contributed by atoms with Crippen LogP contribution in [0.15, 0.2) is 47.6 Å². The first-order valence-electron chi connectivity index (χ1n) is 10.1. The van der Waals surface area contributed by atoms with E-state index in [1.807, 2.05) is 19.1 Å². The van der Waals surface area contributed by atoms with Gasteiger partial charge in [-0.25, -0.2) is 8.42 Å². The highest BCUT2D eigenvalue weighted by Gasteiger charge is 2.32. The van der Waals surface area contributed by atoms with Gasteiger partial charge in [-0.1, -0.05) is 24.3 Å². The molecule has 1 aromatic rings. The molecule has 0 bridgehead atoms. The summed E-state index contributed by atoms with van der Waals surface area (Å²) in [5.41, 5.74) is 0. The van der Waals surface area contributed by atoms with Crippen LogP contribution in [0.25, 0.3) is 0 Å². The van der Waals surface area contributed by atoms with E-state index in [2.05, 4.69) is 4.90 Å². The Morgan fingerprint density at radius 3 is 2.33 bits per heavy atom. The second-order valence-corrected chi connectivity index (χ2v) is 9.49. The number of likely N-dealkylation sites (tertiary alicyclic amines) is 1. The molecule has 3 rings (SSSR count). The van der Waals surface area contributed by atoms with Crippen molar-refractivity contribution in [3.8, 4) is 0 Å². The second-order valence-electron chi connectivity index (χ2n) is 7.56. The SMILES string of the molecule is CC=COCCC1CCN(C2CCN(S(=O)(=O)c3ccccc3)CC2)CC1. The van der Waals surface area contributed by atoms with E-state index in [9.17, 15) is 8.42 Å². The van der Waals surface area contributed by atoms with Crippen LogP contribution in [0.3, 0.4) is 0 Å². The molecule has 0 spiro atoms. The molecule has 0 aromatic heterocycles. The van der Waals surface area contributed by atoms with Crippen LogP contribution in [0.4, 0.5) is 0 Å². The van der Waals surface area contributed by atoms with Crippen molar-refractivity contribution in [2.45, 2.75) is 50.0 Å². The molecule has 2 aliphatic heterocycles. The van der Waals surface area contributed by atoms with Crippen LogP contribution < -0.4 is 0 Å². The van der Waals surface area contributed by atoms with Crippen molar-refractivity contribution in [2.75, 3.05) is 32.8 Å². The van der Waals surface area contributed by atoms with Crippen molar-refractivity contribution < 1.29 is 13.2 Å². The number of nitrogens with zero attached hydrogens (tertiary/aromatic N) is 2. The molecule has 2 fully saturated rings. The number of piperidine rings is 2. The molecular formula is C21H32N2O3S. The molecule has 2 aliphatic rings. The zero-order chi connectivity index (χ0) is 19.1. The zero-order valence-electron chi connectivity index (χ0n) is 16.3. The predicted octanol–water partition coefficient (Wildman–Crippen LogP) is 3.49. The fourth-order valence-electron chi connectivity index (χ4n) is 4.19. The summed E-state index contributed by atoms with van der Waals surface area (Å²) in [6.45, 7) is 6.28. The Bertz CT molecular complexity index is 689. The standard InChI is InChI=1S/C21H32N2O3S/c1-2-17-26-18-12-19-8-13-22(14-9-19)20-10-15-23(16-11-20)27(24,25)21-6-4-3-5-7-21/h2-7,17,19-20H,8-16,18H2,1H3. The summed E-state index contributed by atoms with van der Waals surface area (Å²) in [5, 5.41) is 0. The highest BCUT2D eigenvalue weighted by molar-refractivity contribution is 7.89. The maximum Gasteiger partial charge on any atom is 0.243 e. The molecular weight excluding hydrogens is 360 g/mol. The maximum atomic E-state index is 12.8. The summed E-state index contributed by atoms with van der Waals surface area (Å²) < 4.78 is 32.6. The van der Waals surface area contributed by atoms with Crippen LogP contribution >= 0.6 is 0 Å². The van der Waals surface area contributed by atoms with Gasteiger partial charge in [0.1, 0.15) is 0 Å². The number of benzene rings is 1. The Hall–Kier alpha value is -1.37. The average molecular weight is 393 g/mol. The van der Waals surface area contributed by atoms with Gasteiger partial charge in [0.15, 0.2) is 0 Å². The molecule has 150 valence electrons. The van der Waals surface area contributed by atoms with Crippen LogP contribution in [0.1, 0.15) is 39.0 Å². The second kappa shape index (κ2) is 9.71. The first-order valence-corrected chi connectivity index (χ1v) is 11.6. The third-order valence-corrected chi connectivity index (χ3v) is 7.76. The fourth-order valence-corrected chi connectivity index (χ4v) is 5.69. The third-order valence-electron chi connectivity index (χ3n) is 5.85. The summed E-state index contributed by atoms with van der Waals surface area (Å²) in [5.74, 6) is 0.755. The molecule has 2 saturated heterocycles. The van der Waals surface area contributed by atoms with Gasteiger partial charge >= 0.3 is 0 Å². The molecule has 1 aromatic carbocycles. The predicted molar refractivity (Wildman–Crippen MR) is 108 cm³/mol. The average Bonchev–Trinajstić information content (AvgIpc) is 2.72. The Morgan fingerprint density at radius 2 is 1.70 bits per heavy atom. The van der Waals surface area contributed by atoms with Crippen molar-refractivity contribution in [2.24, 2.45) is 5.92 Å². The summed E-state index contributed by atoms with van der Waals surface area (Å²) in [6.07, 6.45) is 9.14. The van der Waals surface area contributed by atoms with Crippen LogP contribution in [0.2, 0.25) is 0 Å². The molecule has 0 atom stereocenters. The Kier molecular flexibility index (Phi) is 7.33. The van der Waals surface area contributed by atoms with E-state index < -0.39 is 10.0 Å². The number of ether oxygens (including phenoxy) is 1. The van der Waals surface area contributed by atoms with E-state index in [0.717, 1.165) is 44.9 Å². The summed E-state index contributed by atoms with van der Waals surface area (Å²) in [6, 6.07) is 9.31. The van der Waals surface area contributed by atoms with Crippen LogP contribution in [0, 0.1) is 5.92 Å². The van der Waals surface area contributed by atoms with Gasteiger partial charge in [0.25, 0.3) is 0 Å². The molecule has 2 heterocycles. The lowest BCUT2D eigenvalue weighted by molar-refractivity contribution is 0.0879. The lowest BCUT2D eigenvalue weighted by Crippen LogP contribution is -2.49. The van der Waals surface area contributed by atoms with Crippen LogP contribution in [0.5, 0.6) is 0 Å². The lowest BCUT2D eigenvalue weighted by atomic mass is 9.91. The first-order chi connectivity index (χ1) is 13.1. The molecule has 6 heteroatoms. The van der Waals surface area contributed by atoms with Crippen molar-refractivity contribution in [3.63, 3.8) is 0 Å². The quantitative estimate of drug-likeness (QED) is 0.526. The monoisotopic (exact) mass is 392 g/mol. The maximum absolute atomic E-state index is 12.8. The summed E-state index contributed by atoms with van der Waals surface area (Å²) >= 11 is 0. The number of rotatable bonds is 7. The van der Waals surface area contributed by atoms with E-state index in [1.54, 1.807) is 34.8 Å². The minimum Gasteiger partial charge on any atom is -0.502 e. The van der Waals surface area contributed by atoms with Crippen molar-refractivity contribution in [1.82, 2.24) is 9.21 Å². The van der Waals surface area contributed by atoms with Crippen molar-refractivity contribution in [1.29, 1.82) is 0 Å². The van der Waals surface area contributed by atoms with E-state index in [1.165, 1.54) is 12.8 Å². The Morgan fingerprint density at radius 1 is 1.04 bits per heavy atom. The molecule has 0 unspecified atom stereocenters. The summed E-state index contributed by atoms with van der Waals surface area (Å²) in [7, 11) is -3.34. The van der Waals surface area contributed by atoms with Gasteiger partial charge in [0.2, 0.25) is 10.0 Å². The van der Waals surface area contributed by atoms with Crippen molar-refractivity contribution in [3.05, 3.63) is 42.7 Å². The van der Waals surface area contributed by atoms with Gasteiger partial charge in [-0.05, 0) is 70.2 Å². The zero-order valence-corrected chi connectivity index (χ0v) is 17.1. The number of allylic oxidation sites excluding steroid dienone is 1. The molecule has 27 heavy (non-hydrogen) atoms.